The number of nitrogens with zero attached hydrogens (tertiary/aromatic N) is 4. The summed E-state index contributed by atoms with van der Waals surface area (Å²) in [4.78, 5) is 21.3. The largest absolute Gasteiger partial charge is 0.352 e. The molecule has 1 aliphatic carbocycles. The molecule has 144 valence electrons. The molecule has 0 bridgehead atoms. The van der Waals surface area contributed by atoms with Crippen LogP contribution in [0.25, 0.3) is 33.2 Å². The van der Waals surface area contributed by atoms with Gasteiger partial charge in [0.15, 0.2) is 0 Å². The molecule has 0 atom stereocenters. The molecule has 1 amide bonds. The summed E-state index contributed by atoms with van der Waals surface area (Å²) in [6.45, 7) is 0.746. The molecule has 1 aliphatic rings. The van der Waals surface area contributed by atoms with Gasteiger partial charge in [-0.15, -0.1) is 0 Å². The molecule has 0 saturated heterocycles. The topological polar surface area (TPSA) is 72.7 Å². The lowest BCUT2D eigenvalue weighted by Gasteiger charge is -2.09. The van der Waals surface area contributed by atoms with E-state index in [4.69, 9.17) is 0 Å². The number of hydrogen-bond donors (Lipinski definition) is 1. The highest BCUT2D eigenvalue weighted by Crippen LogP contribution is 2.30. The fraction of sp³-hybridized carbons (Fsp3) is 0.217. The fourth-order valence-corrected chi connectivity index (χ4v) is 3.47. The Morgan fingerprint density at radius 1 is 1.07 bits per heavy atom. The minimum Gasteiger partial charge on any atom is -0.352 e. The third-order valence-corrected chi connectivity index (χ3v) is 5.35. The van der Waals surface area contributed by atoms with Crippen molar-refractivity contribution < 1.29 is 4.79 Å². The fourth-order valence-electron chi connectivity index (χ4n) is 3.47. The van der Waals surface area contributed by atoms with E-state index >= 15 is 0 Å². The van der Waals surface area contributed by atoms with E-state index < -0.39 is 0 Å². The van der Waals surface area contributed by atoms with E-state index in [0.717, 1.165) is 39.7 Å². The molecule has 1 saturated carbocycles. The van der Waals surface area contributed by atoms with Gasteiger partial charge in [-0.25, -0.2) is 0 Å². The van der Waals surface area contributed by atoms with Crippen molar-refractivity contribution in [1.29, 1.82) is 0 Å². The smallest absolute Gasteiger partial charge is 0.252 e. The van der Waals surface area contributed by atoms with Crippen molar-refractivity contribution in [2.75, 3.05) is 6.54 Å². The summed E-state index contributed by atoms with van der Waals surface area (Å²) >= 11 is 0. The van der Waals surface area contributed by atoms with Crippen LogP contribution < -0.4 is 5.32 Å². The maximum atomic E-state index is 12.5. The standard InChI is InChI=1S/C23H21N5O/c1-28-14-19(11-27-28)16-4-6-17(7-5-16)21-12-24-13-22-20(21)8-18(10-25-22)23(29)26-9-15-2-3-15/h4-8,10-15H,2-3,9H2,1H3,(H,26,29). The Bertz CT molecular complexity index is 1190. The number of rotatable bonds is 5. The summed E-state index contributed by atoms with van der Waals surface area (Å²) in [7, 11) is 1.91. The van der Waals surface area contributed by atoms with Gasteiger partial charge in [0.1, 0.15) is 0 Å². The zero-order chi connectivity index (χ0) is 19.8. The predicted molar refractivity (Wildman–Crippen MR) is 112 cm³/mol. The molecular formula is C23H21N5O. The number of aryl methyl sites for hydroxylation is 1. The average molecular weight is 383 g/mol. The van der Waals surface area contributed by atoms with E-state index in [1.165, 1.54) is 12.8 Å². The van der Waals surface area contributed by atoms with Crippen LogP contribution in [-0.4, -0.2) is 32.2 Å². The average Bonchev–Trinajstić information content (AvgIpc) is 3.49. The van der Waals surface area contributed by atoms with Gasteiger partial charge in [-0.3, -0.25) is 19.4 Å². The van der Waals surface area contributed by atoms with Crippen LogP contribution in [0, 0.1) is 5.92 Å². The normalized spacial score (nSPS) is 13.6. The molecule has 1 N–H and O–H groups in total. The Labute approximate surface area is 168 Å². The Morgan fingerprint density at radius 2 is 1.86 bits per heavy atom. The number of hydrogen-bond acceptors (Lipinski definition) is 4. The zero-order valence-corrected chi connectivity index (χ0v) is 16.2. The van der Waals surface area contributed by atoms with Crippen molar-refractivity contribution in [3.8, 4) is 22.3 Å². The van der Waals surface area contributed by atoms with Crippen molar-refractivity contribution in [1.82, 2.24) is 25.1 Å². The highest BCUT2D eigenvalue weighted by molar-refractivity contribution is 6.01. The zero-order valence-electron chi connectivity index (χ0n) is 16.2. The number of carbonyl (C=O) groups is 1. The molecule has 1 fully saturated rings. The summed E-state index contributed by atoms with van der Waals surface area (Å²) in [6.07, 6.45) is 11.4. The van der Waals surface area contributed by atoms with Crippen molar-refractivity contribution in [2.45, 2.75) is 12.8 Å². The van der Waals surface area contributed by atoms with Crippen LogP contribution in [0.4, 0.5) is 0 Å². The van der Waals surface area contributed by atoms with Crippen LogP contribution in [0.1, 0.15) is 23.2 Å². The first-order valence-corrected chi connectivity index (χ1v) is 9.79. The second-order valence-electron chi connectivity index (χ2n) is 7.61. The van der Waals surface area contributed by atoms with E-state index in [1.807, 2.05) is 31.7 Å². The number of amides is 1. The van der Waals surface area contributed by atoms with E-state index in [1.54, 1.807) is 17.1 Å². The Morgan fingerprint density at radius 3 is 2.59 bits per heavy atom. The van der Waals surface area contributed by atoms with Gasteiger partial charge in [0.25, 0.3) is 5.91 Å². The Balaban J connectivity index is 1.48. The first-order valence-electron chi connectivity index (χ1n) is 9.79. The maximum Gasteiger partial charge on any atom is 0.252 e. The van der Waals surface area contributed by atoms with Gasteiger partial charge in [-0.2, -0.15) is 5.10 Å². The van der Waals surface area contributed by atoms with Crippen LogP contribution in [0.2, 0.25) is 0 Å². The molecule has 6 heteroatoms. The Kier molecular flexibility index (Phi) is 4.31. The SMILES string of the molecule is Cn1cc(-c2ccc(-c3cncc4ncc(C(=O)NCC5CC5)cc34)cc2)cn1. The first kappa shape index (κ1) is 17.6. The molecule has 6 nitrogen and oxygen atoms in total. The summed E-state index contributed by atoms with van der Waals surface area (Å²) < 4.78 is 1.79. The van der Waals surface area contributed by atoms with Gasteiger partial charge < -0.3 is 5.32 Å². The third-order valence-electron chi connectivity index (χ3n) is 5.35. The van der Waals surface area contributed by atoms with Gasteiger partial charge in [-0.1, -0.05) is 24.3 Å². The van der Waals surface area contributed by atoms with Crippen LogP contribution in [0.15, 0.2) is 61.3 Å². The number of carbonyl (C=O) groups excluding carboxylic acids is 1. The van der Waals surface area contributed by atoms with Gasteiger partial charge in [-0.05, 0) is 36.0 Å². The number of fused-ring (bicyclic) bond motifs is 1. The van der Waals surface area contributed by atoms with E-state index in [-0.39, 0.29) is 5.91 Å². The lowest BCUT2D eigenvalue weighted by atomic mass is 9.99. The predicted octanol–water partition coefficient (Wildman–Crippen LogP) is 3.84. The highest BCUT2D eigenvalue weighted by Gasteiger charge is 2.22. The van der Waals surface area contributed by atoms with Crippen LogP contribution >= 0.6 is 0 Å². The van der Waals surface area contributed by atoms with Crippen LogP contribution in [0.5, 0.6) is 0 Å². The molecule has 3 heterocycles. The lowest BCUT2D eigenvalue weighted by molar-refractivity contribution is 0.0951. The molecule has 4 aromatic rings. The number of pyridine rings is 2. The van der Waals surface area contributed by atoms with Gasteiger partial charge in [0.05, 0.1) is 23.5 Å². The third kappa shape index (κ3) is 3.61. The van der Waals surface area contributed by atoms with E-state index in [2.05, 4.69) is 44.6 Å². The minimum atomic E-state index is -0.0685. The molecule has 29 heavy (non-hydrogen) atoms. The molecule has 0 aliphatic heterocycles. The Hall–Kier alpha value is -3.54. The summed E-state index contributed by atoms with van der Waals surface area (Å²) in [5, 5.41) is 8.17. The van der Waals surface area contributed by atoms with E-state index in [0.29, 0.717) is 11.5 Å². The molecule has 0 spiro atoms. The molecular weight excluding hydrogens is 362 g/mol. The number of aromatic nitrogens is 4. The maximum absolute atomic E-state index is 12.5. The quantitative estimate of drug-likeness (QED) is 0.568. The molecule has 1 aromatic carbocycles. The number of benzene rings is 1. The first-order chi connectivity index (χ1) is 14.2. The molecule has 0 radical (unpaired) electrons. The summed E-state index contributed by atoms with van der Waals surface area (Å²) in [6, 6.07) is 10.2. The van der Waals surface area contributed by atoms with Crippen molar-refractivity contribution in [3.63, 3.8) is 0 Å². The molecule has 0 unspecified atom stereocenters. The minimum absolute atomic E-state index is 0.0685. The van der Waals surface area contributed by atoms with Crippen molar-refractivity contribution >= 4 is 16.8 Å². The van der Waals surface area contributed by atoms with Crippen LogP contribution in [0.3, 0.4) is 0 Å². The van der Waals surface area contributed by atoms with Crippen LogP contribution in [-0.2, 0) is 7.05 Å². The molecule has 3 aromatic heterocycles. The van der Waals surface area contributed by atoms with Crippen molar-refractivity contribution in [2.24, 2.45) is 13.0 Å². The number of nitrogens with one attached hydrogen (secondary N) is 1. The highest BCUT2D eigenvalue weighted by atomic mass is 16.1. The monoisotopic (exact) mass is 383 g/mol. The summed E-state index contributed by atoms with van der Waals surface area (Å²) in [5.41, 5.74) is 5.53. The second kappa shape index (κ2) is 7.13. The van der Waals surface area contributed by atoms with Gasteiger partial charge in [0.2, 0.25) is 0 Å². The molecule has 5 rings (SSSR count). The lowest BCUT2D eigenvalue weighted by Crippen LogP contribution is -2.25. The van der Waals surface area contributed by atoms with Gasteiger partial charge in [0, 0.05) is 48.7 Å². The summed E-state index contributed by atoms with van der Waals surface area (Å²) in [5.74, 6) is 0.575. The van der Waals surface area contributed by atoms with Crippen molar-refractivity contribution in [3.05, 3.63) is 66.9 Å². The van der Waals surface area contributed by atoms with Gasteiger partial charge >= 0.3 is 0 Å². The second-order valence-corrected chi connectivity index (χ2v) is 7.61. The van der Waals surface area contributed by atoms with E-state index in [9.17, 15) is 4.79 Å².